The number of halogens is 4. The quantitative estimate of drug-likeness (QED) is 0.234. The Balaban J connectivity index is 1.21. The maximum absolute atomic E-state index is 5.95. The van der Waals surface area contributed by atoms with Crippen LogP contribution in [-0.2, 0) is 9.47 Å². The molecule has 0 bridgehead atoms. The lowest BCUT2D eigenvalue weighted by atomic mass is 10.4. The van der Waals surface area contributed by atoms with Crippen LogP contribution in [0.2, 0.25) is 0 Å². The summed E-state index contributed by atoms with van der Waals surface area (Å²) < 4.78 is 10.2. The summed E-state index contributed by atoms with van der Waals surface area (Å²) in [7, 11) is 0. The van der Waals surface area contributed by atoms with Gasteiger partial charge in [0.15, 0.2) is 0 Å². The van der Waals surface area contributed by atoms with E-state index in [4.69, 9.17) is 55.9 Å². The van der Waals surface area contributed by atoms with Gasteiger partial charge in [-0.05, 0) is 37.2 Å². The largest absolute Gasteiger partial charge is 0.381 e. The topological polar surface area (TPSA) is 18.5 Å². The fourth-order valence-electron chi connectivity index (χ4n) is 2.20. The van der Waals surface area contributed by atoms with E-state index in [1.165, 1.54) is 11.5 Å². The number of alkyl halides is 4. The van der Waals surface area contributed by atoms with E-state index in [2.05, 4.69) is 0 Å². The van der Waals surface area contributed by atoms with Gasteiger partial charge in [-0.3, -0.25) is 0 Å². The Labute approximate surface area is 174 Å². The van der Waals surface area contributed by atoms with Crippen molar-refractivity contribution in [3.8, 4) is 0 Å². The van der Waals surface area contributed by atoms with Crippen LogP contribution in [-0.4, -0.2) is 58.1 Å². The Hall–Kier alpha value is 1.78. The Morgan fingerprint density at radius 2 is 1.08 bits per heavy atom. The van der Waals surface area contributed by atoms with Gasteiger partial charge in [-0.15, -0.1) is 46.4 Å². The van der Waals surface area contributed by atoms with Crippen molar-refractivity contribution < 1.29 is 9.47 Å². The van der Waals surface area contributed by atoms with Gasteiger partial charge in [-0.1, -0.05) is 0 Å². The highest BCUT2D eigenvalue weighted by Gasteiger charge is 2.52. The zero-order valence-corrected chi connectivity index (χ0v) is 18.4. The van der Waals surface area contributed by atoms with Crippen LogP contribution < -0.4 is 0 Å². The van der Waals surface area contributed by atoms with E-state index in [0.29, 0.717) is 25.0 Å². The first kappa shape index (κ1) is 22.1. The molecule has 2 nitrogen and oxygen atoms in total. The molecule has 2 saturated carbocycles. The second kappa shape index (κ2) is 10.9. The number of rotatable bonds is 15. The van der Waals surface area contributed by atoms with Gasteiger partial charge in [0, 0.05) is 36.6 Å². The van der Waals surface area contributed by atoms with E-state index in [-0.39, 0.29) is 0 Å². The van der Waals surface area contributed by atoms with E-state index < -0.39 is 8.67 Å². The zero-order chi connectivity index (χ0) is 17.5. The van der Waals surface area contributed by atoms with Gasteiger partial charge in [0.25, 0.3) is 0 Å². The first-order valence-electron chi connectivity index (χ1n) is 8.48. The molecule has 2 aliphatic rings. The number of hydrogen-bond acceptors (Lipinski definition) is 4. The number of hydrogen-bond donors (Lipinski definition) is 0. The van der Waals surface area contributed by atoms with Gasteiger partial charge >= 0.3 is 0 Å². The minimum absolute atomic E-state index is 0.338. The number of thioether (sulfide) groups is 2. The summed E-state index contributed by atoms with van der Waals surface area (Å²) >= 11 is 27.8. The van der Waals surface area contributed by atoms with Crippen LogP contribution >= 0.6 is 69.9 Å². The SMILES string of the molecule is ClC1(Cl)CC1COCCCSCCSCCCOCC1CC1(Cl)Cl. The van der Waals surface area contributed by atoms with Crippen LogP contribution in [0.25, 0.3) is 0 Å². The zero-order valence-electron chi connectivity index (χ0n) is 13.8. The van der Waals surface area contributed by atoms with Gasteiger partial charge < -0.3 is 9.47 Å². The summed E-state index contributed by atoms with van der Waals surface area (Å²) in [5.41, 5.74) is 0. The molecule has 142 valence electrons. The normalized spacial score (nSPS) is 26.5. The highest BCUT2D eigenvalue weighted by molar-refractivity contribution is 8.02. The second-order valence-corrected chi connectivity index (χ2v) is 11.9. The van der Waals surface area contributed by atoms with Crippen molar-refractivity contribution in [2.75, 3.05) is 49.4 Å². The standard InChI is InChI=1S/C16H26Cl4O2S2/c17-15(18)9-13(15)11-21-3-1-5-23-7-8-24-6-2-4-22-12-14-10-16(14,19)20/h13-14H,1-12H2. The van der Waals surface area contributed by atoms with Crippen molar-refractivity contribution in [3.63, 3.8) is 0 Å². The Morgan fingerprint density at radius 3 is 1.42 bits per heavy atom. The van der Waals surface area contributed by atoms with Crippen LogP contribution in [0.4, 0.5) is 0 Å². The smallest absolute Gasteiger partial charge is 0.123 e. The summed E-state index contributed by atoms with van der Waals surface area (Å²) in [6, 6.07) is 0. The van der Waals surface area contributed by atoms with Crippen molar-refractivity contribution >= 4 is 69.9 Å². The molecule has 0 amide bonds. The van der Waals surface area contributed by atoms with E-state index in [1.807, 2.05) is 23.5 Å². The third-order valence-electron chi connectivity index (χ3n) is 4.08. The fraction of sp³-hybridized carbons (Fsp3) is 1.00. The molecule has 0 spiro atoms. The lowest BCUT2D eigenvalue weighted by molar-refractivity contribution is 0.125. The van der Waals surface area contributed by atoms with Crippen LogP contribution in [0.15, 0.2) is 0 Å². The van der Waals surface area contributed by atoms with E-state index in [1.54, 1.807) is 0 Å². The molecule has 2 aliphatic carbocycles. The Morgan fingerprint density at radius 1 is 0.708 bits per heavy atom. The van der Waals surface area contributed by atoms with Crippen molar-refractivity contribution in [2.24, 2.45) is 11.8 Å². The summed E-state index contributed by atoms with van der Waals surface area (Å²) in [4.78, 5) is 0. The van der Waals surface area contributed by atoms with Gasteiger partial charge in [0.2, 0.25) is 0 Å². The first-order chi connectivity index (χ1) is 11.4. The summed E-state index contributed by atoms with van der Waals surface area (Å²) in [5.74, 6) is 5.38. The van der Waals surface area contributed by atoms with Crippen molar-refractivity contribution in [2.45, 2.75) is 34.3 Å². The van der Waals surface area contributed by atoms with Crippen molar-refractivity contribution in [1.82, 2.24) is 0 Å². The van der Waals surface area contributed by atoms with E-state index >= 15 is 0 Å². The van der Waals surface area contributed by atoms with Gasteiger partial charge in [-0.25, -0.2) is 0 Å². The second-order valence-electron chi connectivity index (χ2n) is 6.41. The lowest BCUT2D eigenvalue weighted by Crippen LogP contribution is -2.04. The molecule has 2 fully saturated rings. The molecule has 2 atom stereocenters. The molecule has 24 heavy (non-hydrogen) atoms. The summed E-state index contributed by atoms with van der Waals surface area (Å²) in [6.07, 6.45) is 3.93. The monoisotopic (exact) mass is 454 g/mol. The molecule has 0 aromatic carbocycles. The van der Waals surface area contributed by atoms with E-state index in [0.717, 1.165) is 50.4 Å². The molecular formula is C16H26Cl4O2S2. The van der Waals surface area contributed by atoms with Gasteiger partial charge in [0.1, 0.15) is 8.67 Å². The Kier molecular flexibility index (Phi) is 10.1. The van der Waals surface area contributed by atoms with Crippen LogP contribution in [0.5, 0.6) is 0 Å². The third kappa shape index (κ3) is 9.12. The van der Waals surface area contributed by atoms with Gasteiger partial charge in [-0.2, -0.15) is 23.5 Å². The molecule has 0 N–H and O–H groups in total. The molecule has 0 aromatic heterocycles. The van der Waals surface area contributed by atoms with Crippen LogP contribution in [0, 0.1) is 11.8 Å². The fourth-order valence-corrected chi connectivity index (χ4v) is 5.19. The Bertz CT molecular complexity index is 338. The van der Waals surface area contributed by atoms with Crippen LogP contribution in [0.3, 0.4) is 0 Å². The van der Waals surface area contributed by atoms with E-state index in [9.17, 15) is 0 Å². The maximum atomic E-state index is 5.95. The van der Waals surface area contributed by atoms with Crippen molar-refractivity contribution in [3.05, 3.63) is 0 Å². The number of ether oxygens (including phenoxy) is 2. The third-order valence-corrected chi connectivity index (χ3v) is 8.33. The molecular weight excluding hydrogens is 430 g/mol. The average molecular weight is 456 g/mol. The highest BCUT2D eigenvalue weighted by atomic mass is 35.5. The molecule has 0 aliphatic heterocycles. The molecule has 2 rings (SSSR count). The van der Waals surface area contributed by atoms with Gasteiger partial charge in [0.05, 0.1) is 13.2 Å². The summed E-state index contributed by atoms with van der Waals surface area (Å²) in [5, 5.41) is 0. The molecule has 2 unspecified atom stereocenters. The molecule has 8 heteroatoms. The lowest BCUT2D eigenvalue weighted by Gasteiger charge is -2.05. The minimum atomic E-state index is -0.506. The molecule has 0 saturated heterocycles. The predicted molar refractivity (Wildman–Crippen MR) is 111 cm³/mol. The molecule has 0 radical (unpaired) electrons. The first-order valence-corrected chi connectivity index (χ1v) is 12.3. The molecule has 0 aromatic rings. The summed E-state index contributed by atoms with van der Waals surface area (Å²) in [6.45, 7) is 3.02. The highest BCUT2D eigenvalue weighted by Crippen LogP contribution is 2.53. The average Bonchev–Trinajstić information content (AvgIpc) is 3.33. The van der Waals surface area contributed by atoms with Crippen molar-refractivity contribution in [1.29, 1.82) is 0 Å². The predicted octanol–water partition coefficient (Wildman–Crippen LogP) is 5.65. The van der Waals surface area contributed by atoms with Crippen LogP contribution in [0.1, 0.15) is 25.7 Å². The minimum Gasteiger partial charge on any atom is -0.381 e. The maximum Gasteiger partial charge on any atom is 0.123 e. The molecule has 0 heterocycles.